The summed E-state index contributed by atoms with van der Waals surface area (Å²) in [5.41, 5.74) is 0. The van der Waals surface area contributed by atoms with Crippen molar-refractivity contribution >= 4 is 0 Å². The lowest BCUT2D eigenvalue weighted by Crippen LogP contribution is -1.92. The van der Waals surface area contributed by atoms with E-state index in [1.165, 1.54) is 0 Å². The van der Waals surface area contributed by atoms with E-state index in [0.29, 0.717) is 24.5 Å². The van der Waals surface area contributed by atoms with Gasteiger partial charge in [-0.3, -0.25) is 0 Å². The molecule has 1 heterocycles. The number of aromatic nitrogens is 1. The summed E-state index contributed by atoms with van der Waals surface area (Å²) in [6.45, 7) is 0.663. The van der Waals surface area contributed by atoms with Crippen LogP contribution in [0.2, 0.25) is 0 Å². The highest BCUT2D eigenvalue weighted by atomic mass is 16.5. The van der Waals surface area contributed by atoms with Crippen molar-refractivity contribution in [3.05, 3.63) is 12.4 Å². The van der Waals surface area contributed by atoms with E-state index in [4.69, 9.17) is 14.7 Å². The Morgan fingerprint density at radius 3 is 2.23 bits per heavy atom. The smallest absolute Gasteiger partial charge is 0.178 e. The van der Waals surface area contributed by atoms with E-state index in [0.717, 1.165) is 0 Å². The number of hydrogen-bond donors (Lipinski definition) is 0. The predicted octanol–water partition coefficient (Wildman–Crippen LogP) is 1.42. The molecule has 0 amide bonds. The van der Waals surface area contributed by atoms with E-state index in [1.54, 1.807) is 14.2 Å². The second-order valence-electron chi connectivity index (χ2n) is 2.54. The van der Waals surface area contributed by atoms with Crippen LogP contribution in [0.3, 0.4) is 0 Å². The molecule has 0 saturated carbocycles. The van der Waals surface area contributed by atoms with E-state index in [-0.39, 0.29) is 0 Å². The van der Waals surface area contributed by atoms with Crippen LogP contribution < -0.4 is 9.47 Å². The van der Waals surface area contributed by atoms with Crippen molar-refractivity contribution in [2.75, 3.05) is 14.2 Å². The maximum atomic E-state index is 8.39. The van der Waals surface area contributed by atoms with Gasteiger partial charge in [0.15, 0.2) is 11.5 Å². The van der Waals surface area contributed by atoms with Gasteiger partial charge in [0.2, 0.25) is 0 Å². The van der Waals surface area contributed by atoms with Gasteiger partial charge in [-0.05, 0) is 0 Å². The zero-order valence-corrected chi connectivity index (χ0v) is 7.78. The summed E-state index contributed by atoms with van der Waals surface area (Å²) < 4.78 is 12.0. The summed E-state index contributed by atoms with van der Waals surface area (Å²) in [6.07, 6.45) is 4.12. The molecule has 1 aromatic rings. The highest BCUT2D eigenvalue weighted by Crippen LogP contribution is 2.27. The molecule has 0 atom stereocenters. The Labute approximate surface area is 77.3 Å². The first-order valence-corrected chi connectivity index (χ1v) is 3.96. The zero-order valence-electron chi connectivity index (χ0n) is 7.78. The fraction of sp³-hybridized carbons (Fsp3) is 0.444. The first kappa shape index (κ1) is 9.46. The van der Waals surface area contributed by atoms with Crippen LogP contribution in [-0.4, -0.2) is 18.8 Å². The van der Waals surface area contributed by atoms with Crippen molar-refractivity contribution in [1.29, 1.82) is 5.26 Å². The molecule has 4 heteroatoms. The van der Waals surface area contributed by atoms with Gasteiger partial charge in [-0.15, -0.1) is 0 Å². The van der Waals surface area contributed by atoms with E-state index >= 15 is 0 Å². The normalized spacial score (nSPS) is 9.31. The van der Waals surface area contributed by atoms with Crippen LogP contribution in [0.1, 0.15) is 6.42 Å². The van der Waals surface area contributed by atoms with Crippen LogP contribution in [0, 0.1) is 11.3 Å². The van der Waals surface area contributed by atoms with Crippen LogP contribution in [-0.2, 0) is 6.54 Å². The number of methoxy groups -OCH3 is 2. The van der Waals surface area contributed by atoms with Gasteiger partial charge >= 0.3 is 0 Å². The number of ether oxygens (including phenoxy) is 2. The third-order valence-corrected chi connectivity index (χ3v) is 1.73. The average molecular weight is 180 g/mol. The van der Waals surface area contributed by atoms with Gasteiger partial charge in [0.25, 0.3) is 0 Å². The molecule has 0 spiro atoms. The summed E-state index contributed by atoms with van der Waals surface area (Å²) in [5.74, 6) is 1.39. The standard InChI is InChI=1S/C9H12N2O2/c1-12-8-6-11(5-3-4-10)7-9(8)13-2/h6-7H,3,5H2,1-2H3. The van der Waals surface area contributed by atoms with Crippen molar-refractivity contribution < 1.29 is 9.47 Å². The molecule has 0 saturated heterocycles. The van der Waals surface area contributed by atoms with E-state index < -0.39 is 0 Å². The van der Waals surface area contributed by atoms with Crippen LogP contribution >= 0.6 is 0 Å². The molecular formula is C9H12N2O2. The zero-order chi connectivity index (χ0) is 9.68. The van der Waals surface area contributed by atoms with Crippen molar-refractivity contribution in [2.45, 2.75) is 13.0 Å². The summed E-state index contributed by atoms with van der Waals surface area (Å²) in [4.78, 5) is 0. The summed E-state index contributed by atoms with van der Waals surface area (Å²) in [7, 11) is 3.18. The Morgan fingerprint density at radius 2 is 1.85 bits per heavy atom. The third kappa shape index (κ3) is 2.15. The molecule has 0 fully saturated rings. The number of nitriles is 1. The molecule has 1 rings (SSSR count). The average Bonchev–Trinajstić information content (AvgIpc) is 2.57. The lowest BCUT2D eigenvalue weighted by atomic mass is 10.5. The minimum atomic E-state index is 0.487. The molecule has 4 nitrogen and oxygen atoms in total. The molecule has 0 unspecified atom stereocenters. The number of nitrogens with zero attached hydrogens (tertiary/aromatic N) is 2. The quantitative estimate of drug-likeness (QED) is 0.704. The van der Waals surface area contributed by atoms with Gasteiger partial charge in [-0.1, -0.05) is 0 Å². The Morgan fingerprint density at radius 1 is 1.31 bits per heavy atom. The molecule has 0 bridgehead atoms. The second kappa shape index (κ2) is 4.41. The monoisotopic (exact) mass is 180 g/mol. The third-order valence-electron chi connectivity index (χ3n) is 1.73. The molecule has 0 N–H and O–H groups in total. The van der Waals surface area contributed by atoms with Gasteiger partial charge in [0, 0.05) is 6.54 Å². The topological polar surface area (TPSA) is 47.2 Å². The van der Waals surface area contributed by atoms with Gasteiger partial charge in [0.1, 0.15) is 0 Å². The molecule has 0 radical (unpaired) electrons. The van der Waals surface area contributed by atoms with Crippen molar-refractivity contribution in [3.8, 4) is 17.6 Å². The Hall–Kier alpha value is -1.63. The molecule has 13 heavy (non-hydrogen) atoms. The summed E-state index contributed by atoms with van der Waals surface area (Å²) in [6, 6.07) is 2.08. The molecule has 0 aliphatic heterocycles. The minimum absolute atomic E-state index is 0.487. The second-order valence-corrected chi connectivity index (χ2v) is 2.54. The summed E-state index contributed by atoms with van der Waals surface area (Å²) in [5, 5.41) is 8.39. The maximum Gasteiger partial charge on any atom is 0.178 e. The fourth-order valence-electron chi connectivity index (χ4n) is 1.08. The van der Waals surface area contributed by atoms with E-state index in [1.807, 2.05) is 17.0 Å². The van der Waals surface area contributed by atoms with Crippen LogP contribution in [0.5, 0.6) is 11.5 Å². The van der Waals surface area contributed by atoms with Crippen LogP contribution in [0.15, 0.2) is 12.4 Å². The maximum absolute atomic E-state index is 8.39. The SMILES string of the molecule is COc1cn(CCC#N)cc1OC. The first-order valence-electron chi connectivity index (χ1n) is 3.96. The minimum Gasteiger partial charge on any atom is -0.491 e. The Kier molecular flexibility index (Phi) is 3.21. The highest BCUT2D eigenvalue weighted by molar-refractivity contribution is 5.37. The predicted molar refractivity (Wildman–Crippen MR) is 47.8 cm³/mol. The van der Waals surface area contributed by atoms with Gasteiger partial charge < -0.3 is 14.0 Å². The number of hydrogen-bond acceptors (Lipinski definition) is 3. The first-order chi connectivity index (χ1) is 6.31. The molecule has 70 valence electrons. The van der Waals surface area contributed by atoms with Crippen molar-refractivity contribution in [3.63, 3.8) is 0 Å². The van der Waals surface area contributed by atoms with Crippen molar-refractivity contribution in [1.82, 2.24) is 4.57 Å². The molecule has 0 aromatic carbocycles. The van der Waals surface area contributed by atoms with E-state index in [9.17, 15) is 0 Å². The molecular weight excluding hydrogens is 168 g/mol. The molecule has 1 aromatic heterocycles. The lowest BCUT2D eigenvalue weighted by Gasteiger charge is -1.97. The van der Waals surface area contributed by atoms with Crippen LogP contribution in [0.4, 0.5) is 0 Å². The number of rotatable bonds is 4. The van der Waals surface area contributed by atoms with E-state index in [2.05, 4.69) is 6.07 Å². The van der Waals surface area contributed by atoms with Crippen molar-refractivity contribution in [2.24, 2.45) is 0 Å². The fourth-order valence-corrected chi connectivity index (χ4v) is 1.08. The Balaban J connectivity index is 2.75. The largest absolute Gasteiger partial charge is 0.491 e. The molecule has 0 aliphatic carbocycles. The summed E-state index contributed by atoms with van der Waals surface area (Å²) >= 11 is 0. The van der Waals surface area contributed by atoms with Gasteiger partial charge in [-0.2, -0.15) is 5.26 Å². The number of aryl methyl sites for hydroxylation is 1. The van der Waals surface area contributed by atoms with Crippen LogP contribution in [0.25, 0.3) is 0 Å². The molecule has 0 aliphatic rings. The lowest BCUT2D eigenvalue weighted by molar-refractivity contribution is 0.358. The highest BCUT2D eigenvalue weighted by Gasteiger charge is 2.06. The Bertz CT molecular complexity index is 290. The van der Waals surface area contributed by atoms with Gasteiger partial charge in [-0.25, -0.2) is 0 Å². The van der Waals surface area contributed by atoms with Gasteiger partial charge in [0.05, 0.1) is 39.1 Å².